The maximum atomic E-state index is 4.93. The molecule has 3 rings (SSSR count). The fourth-order valence-corrected chi connectivity index (χ4v) is 2.77. The van der Waals surface area contributed by atoms with Gasteiger partial charge in [-0.1, -0.05) is 61.0 Å². The number of benzene rings is 2. The standard InChI is InChI=1S/C18H18.2ClH.Zr/c1-3-14-11-15-8-6-10-17(18(15)12-14)16-9-5-4-7-13(16)2;;;/h4-10,12H,3,11H2,1-2H3;2*1H;/q;;;+2/p-2. The molecule has 21 heavy (non-hydrogen) atoms. The van der Waals surface area contributed by atoms with Crippen molar-refractivity contribution in [1.82, 2.24) is 0 Å². The first-order valence-electron chi connectivity index (χ1n) is 7.04. The summed E-state index contributed by atoms with van der Waals surface area (Å²) in [5, 5.41) is 0. The zero-order chi connectivity index (χ0) is 15.2. The first-order valence-corrected chi connectivity index (χ1v) is 13.4. The van der Waals surface area contributed by atoms with Crippen molar-refractivity contribution in [2.24, 2.45) is 0 Å². The molecule has 1 aliphatic rings. The van der Waals surface area contributed by atoms with Crippen LogP contribution in [0.3, 0.4) is 0 Å². The molecule has 0 unspecified atom stereocenters. The average Bonchev–Trinajstić information content (AvgIpc) is 2.92. The van der Waals surface area contributed by atoms with Gasteiger partial charge in [0.15, 0.2) is 0 Å². The molecule has 0 aromatic heterocycles. The zero-order valence-corrected chi connectivity index (χ0v) is 16.3. The van der Waals surface area contributed by atoms with Crippen LogP contribution in [0.4, 0.5) is 0 Å². The second-order valence-electron chi connectivity index (χ2n) is 5.10. The van der Waals surface area contributed by atoms with Crippen molar-refractivity contribution in [3.8, 4) is 11.1 Å². The Kier molecular flexibility index (Phi) is 6.74. The monoisotopic (exact) mass is 394 g/mol. The van der Waals surface area contributed by atoms with Crippen LogP contribution in [0.1, 0.15) is 30.0 Å². The van der Waals surface area contributed by atoms with Gasteiger partial charge in [0.05, 0.1) is 0 Å². The Balaban J connectivity index is 0.000000497. The van der Waals surface area contributed by atoms with Gasteiger partial charge in [-0.3, -0.25) is 0 Å². The molecule has 0 nitrogen and oxygen atoms in total. The van der Waals surface area contributed by atoms with Gasteiger partial charge in [-0.15, -0.1) is 0 Å². The van der Waals surface area contributed by atoms with Gasteiger partial charge in [-0.25, -0.2) is 0 Å². The van der Waals surface area contributed by atoms with Gasteiger partial charge >= 0.3 is 37.9 Å². The van der Waals surface area contributed by atoms with Crippen molar-refractivity contribution < 1.29 is 20.8 Å². The minimum atomic E-state index is -0.826. The molecule has 3 heteroatoms. The van der Waals surface area contributed by atoms with Crippen LogP contribution < -0.4 is 0 Å². The zero-order valence-electron chi connectivity index (χ0n) is 12.3. The summed E-state index contributed by atoms with van der Waals surface area (Å²) in [6.45, 7) is 4.43. The van der Waals surface area contributed by atoms with Gasteiger partial charge in [0.1, 0.15) is 0 Å². The normalized spacial score (nSPS) is 12.1. The number of aryl methyl sites for hydroxylation is 1. The van der Waals surface area contributed by atoms with Crippen LogP contribution in [0.15, 0.2) is 48.0 Å². The second-order valence-corrected chi connectivity index (χ2v) is 8.83. The average molecular weight is 396 g/mol. The molecule has 0 N–H and O–H groups in total. The Labute approximate surface area is 145 Å². The van der Waals surface area contributed by atoms with Crippen LogP contribution in [-0.2, 0) is 27.3 Å². The second kappa shape index (κ2) is 8.32. The molecule has 0 bridgehead atoms. The van der Waals surface area contributed by atoms with Crippen molar-refractivity contribution >= 4 is 23.1 Å². The van der Waals surface area contributed by atoms with Crippen molar-refractivity contribution in [2.75, 3.05) is 0 Å². The van der Waals surface area contributed by atoms with Crippen LogP contribution in [0.2, 0.25) is 0 Å². The fraction of sp³-hybridized carbons (Fsp3) is 0.222. The molecule has 0 spiro atoms. The Morgan fingerprint density at radius 2 is 1.67 bits per heavy atom. The van der Waals surface area contributed by atoms with E-state index in [9.17, 15) is 0 Å². The quantitative estimate of drug-likeness (QED) is 0.552. The third-order valence-electron chi connectivity index (χ3n) is 3.85. The van der Waals surface area contributed by atoms with Crippen LogP contribution >= 0.6 is 17.0 Å². The van der Waals surface area contributed by atoms with Gasteiger partial charge in [0, 0.05) is 0 Å². The molecule has 1 aliphatic carbocycles. The van der Waals surface area contributed by atoms with Gasteiger partial charge in [-0.2, -0.15) is 0 Å². The van der Waals surface area contributed by atoms with Crippen molar-refractivity contribution in [2.45, 2.75) is 26.7 Å². The van der Waals surface area contributed by atoms with E-state index in [1.165, 1.54) is 27.8 Å². The summed E-state index contributed by atoms with van der Waals surface area (Å²) in [4.78, 5) is 0. The Hall–Kier alpha value is -0.357. The molecule has 0 saturated heterocycles. The van der Waals surface area contributed by atoms with Gasteiger partial charge in [0.25, 0.3) is 0 Å². The maximum absolute atomic E-state index is 4.93. The number of hydrogen-bond donors (Lipinski definition) is 0. The predicted octanol–water partition coefficient (Wildman–Crippen LogP) is 6.39. The molecule has 108 valence electrons. The van der Waals surface area contributed by atoms with Crippen LogP contribution in [0, 0.1) is 6.92 Å². The summed E-state index contributed by atoms with van der Waals surface area (Å²) in [6, 6.07) is 15.3. The summed E-state index contributed by atoms with van der Waals surface area (Å²) in [7, 11) is 9.87. The Morgan fingerprint density at radius 3 is 2.33 bits per heavy atom. The van der Waals surface area contributed by atoms with E-state index in [1.54, 1.807) is 5.57 Å². The fourth-order valence-electron chi connectivity index (χ4n) is 2.77. The number of allylic oxidation sites excluding steroid dienone is 1. The van der Waals surface area contributed by atoms with Gasteiger partial charge in [0.2, 0.25) is 0 Å². The molecule has 2 aromatic carbocycles. The summed E-state index contributed by atoms with van der Waals surface area (Å²) < 4.78 is 0. The first kappa shape index (κ1) is 17.0. The summed E-state index contributed by atoms with van der Waals surface area (Å²) in [6.07, 6.45) is 4.67. The van der Waals surface area contributed by atoms with E-state index in [2.05, 4.69) is 62.4 Å². The Bertz CT molecular complexity index is 647. The summed E-state index contributed by atoms with van der Waals surface area (Å²) in [5.74, 6) is 0. The number of rotatable bonds is 2. The topological polar surface area (TPSA) is 0 Å². The summed E-state index contributed by atoms with van der Waals surface area (Å²) in [5.41, 5.74) is 8.56. The van der Waals surface area contributed by atoms with Crippen LogP contribution in [0.25, 0.3) is 17.2 Å². The van der Waals surface area contributed by atoms with E-state index in [1.807, 2.05) is 0 Å². The van der Waals surface area contributed by atoms with Gasteiger partial charge in [-0.05, 0) is 47.6 Å². The molecule has 0 amide bonds. The van der Waals surface area contributed by atoms with E-state index in [0.717, 1.165) is 12.8 Å². The number of halogens is 2. The van der Waals surface area contributed by atoms with Crippen molar-refractivity contribution in [3.05, 3.63) is 64.7 Å². The third kappa shape index (κ3) is 4.09. The Morgan fingerprint density at radius 1 is 1.00 bits per heavy atom. The molecule has 0 saturated carbocycles. The first-order chi connectivity index (χ1) is 10.2. The molecular weight excluding hydrogens is 378 g/mol. The minimum absolute atomic E-state index is 0.826. The van der Waals surface area contributed by atoms with E-state index < -0.39 is 20.8 Å². The molecule has 2 aromatic rings. The van der Waals surface area contributed by atoms with Crippen LogP contribution in [0.5, 0.6) is 0 Å². The van der Waals surface area contributed by atoms with Crippen molar-refractivity contribution in [3.63, 3.8) is 0 Å². The summed E-state index contributed by atoms with van der Waals surface area (Å²) >= 11 is -0.826. The van der Waals surface area contributed by atoms with E-state index in [0.29, 0.717) is 0 Å². The third-order valence-corrected chi connectivity index (χ3v) is 3.85. The van der Waals surface area contributed by atoms with E-state index >= 15 is 0 Å². The molecular formula is C18H18Cl2Zr. The molecule has 0 radical (unpaired) electrons. The van der Waals surface area contributed by atoms with Crippen LogP contribution in [-0.4, -0.2) is 0 Å². The molecule has 0 aliphatic heterocycles. The molecule has 0 heterocycles. The number of fused-ring (bicyclic) bond motifs is 1. The molecule has 0 fully saturated rings. The van der Waals surface area contributed by atoms with E-state index in [-0.39, 0.29) is 0 Å². The van der Waals surface area contributed by atoms with E-state index in [4.69, 9.17) is 17.0 Å². The van der Waals surface area contributed by atoms with Crippen molar-refractivity contribution in [1.29, 1.82) is 0 Å². The van der Waals surface area contributed by atoms with Gasteiger partial charge < -0.3 is 0 Å². The SMILES string of the molecule is CCC1=Cc2c(cccc2-c2ccccc2C)C1.[Cl][Zr][Cl]. The number of hydrogen-bond acceptors (Lipinski definition) is 0. The molecule has 0 atom stereocenters. The predicted molar refractivity (Wildman–Crippen MR) is 90.3 cm³/mol.